The molecule has 0 aliphatic carbocycles. The van der Waals surface area contributed by atoms with Gasteiger partial charge in [0.1, 0.15) is 12.1 Å². The summed E-state index contributed by atoms with van der Waals surface area (Å²) in [4.78, 5) is 25.5. The first-order valence-corrected chi connectivity index (χ1v) is 7.76. The van der Waals surface area contributed by atoms with Crippen LogP contribution in [0.5, 0.6) is 0 Å². The highest BCUT2D eigenvalue weighted by Crippen LogP contribution is 2.24. The molecule has 1 heterocycles. The van der Waals surface area contributed by atoms with Gasteiger partial charge >= 0.3 is 5.97 Å². The van der Waals surface area contributed by atoms with Gasteiger partial charge in [0.2, 0.25) is 0 Å². The molecular formula is C17H23NO4. The first kappa shape index (κ1) is 16.5. The summed E-state index contributed by atoms with van der Waals surface area (Å²) in [5, 5.41) is 9.44. The SMILES string of the molecule is CCCCO[C@H](C)C(=O)N1Cc2ccccc2C[C@H]1C(=O)O. The number of hydrogen-bond acceptors (Lipinski definition) is 3. The first-order chi connectivity index (χ1) is 10.5. The van der Waals surface area contributed by atoms with Crippen molar-refractivity contribution in [2.24, 2.45) is 0 Å². The number of amides is 1. The number of carboxylic acid groups (broad SMARTS) is 1. The van der Waals surface area contributed by atoms with Crippen molar-refractivity contribution in [2.45, 2.75) is 51.8 Å². The summed E-state index contributed by atoms with van der Waals surface area (Å²) in [5.41, 5.74) is 2.01. The second kappa shape index (κ2) is 7.40. The average Bonchev–Trinajstić information content (AvgIpc) is 2.52. The van der Waals surface area contributed by atoms with Gasteiger partial charge in [0, 0.05) is 19.6 Å². The summed E-state index contributed by atoms with van der Waals surface area (Å²) < 4.78 is 5.53. The van der Waals surface area contributed by atoms with Gasteiger partial charge in [-0.2, -0.15) is 0 Å². The van der Waals surface area contributed by atoms with Crippen LogP contribution in [0.4, 0.5) is 0 Å². The molecule has 0 saturated carbocycles. The van der Waals surface area contributed by atoms with E-state index in [4.69, 9.17) is 4.74 Å². The van der Waals surface area contributed by atoms with Gasteiger partial charge < -0.3 is 14.7 Å². The quantitative estimate of drug-likeness (QED) is 0.818. The van der Waals surface area contributed by atoms with Crippen LogP contribution in [0, 0.1) is 0 Å². The third-order valence-corrected chi connectivity index (χ3v) is 4.03. The zero-order valence-electron chi connectivity index (χ0n) is 13.1. The highest BCUT2D eigenvalue weighted by molar-refractivity contribution is 5.87. The van der Waals surface area contributed by atoms with Crippen LogP contribution in [-0.2, 0) is 27.3 Å². The van der Waals surface area contributed by atoms with Crippen molar-refractivity contribution in [1.29, 1.82) is 0 Å². The zero-order valence-corrected chi connectivity index (χ0v) is 13.1. The van der Waals surface area contributed by atoms with Crippen LogP contribution in [0.3, 0.4) is 0 Å². The van der Waals surface area contributed by atoms with Gasteiger partial charge in [0.25, 0.3) is 5.91 Å². The number of carboxylic acids is 1. The second-order valence-electron chi connectivity index (χ2n) is 5.66. The molecule has 22 heavy (non-hydrogen) atoms. The number of benzene rings is 1. The van der Waals surface area contributed by atoms with Crippen LogP contribution in [0.2, 0.25) is 0 Å². The lowest BCUT2D eigenvalue weighted by molar-refractivity contribution is -0.157. The molecule has 0 spiro atoms. The third kappa shape index (κ3) is 3.65. The molecule has 1 N–H and O–H groups in total. The molecule has 120 valence electrons. The Kier molecular flexibility index (Phi) is 5.55. The molecule has 1 aromatic rings. The molecule has 1 aliphatic rings. The Bertz CT molecular complexity index is 543. The van der Waals surface area contributed by atoms with E-state index in [-0.39, 0.29) is 5.91 Å². The molecule has 0 radical (unpaired) electrons. The van der Waals surface area contributed by atoms with E-state index in [9.17, 15) is 14.7 Å². The normalized spacial score (nSPS) is 18.6. The van der Waals surface area contributed by atoms with Crippen molar-refractivity contribution in [1.82, 2.24) is 4.90 Å². The van der Waals surface area contributed by atoms with Gasteiger partial charge in [-0.05, 0) is 24.5 Å². The van der Waals surface area contributed by atoms with Crippen LogP contribution in [-0.4, -0.2) is 40.6 Å². The van der Waals surface area contributed by atoms with Crippen LogP contribution < -0.4 is 0 Å². The van der Waals surface area contributed by atoms with Gasteiger partial charge in [0.05, 0.1) is 0 Å². The summed E-state index contributed by atoms with van der Waals surface area (Å²) in [6.07, 6.45) is 1.62. The standard InChI is InChI=1S/C17H23NO4/c1-3-4-9-22-12(2)16(19)18-11-14-8-6-5-7-13(14)10-15(18)17(20)21/h5-8,12,15H,3-4,9-11H2,1-2H3,(H,20,21)/t12-,15+/m1/s1. The minimum atomic E-state index is -0.969. The fourth-order valence-electron chi connectivity index (χ4n) is 2.68. The minimum absolute atomic E-state index is 0.252. The van der Waals surface area contributed by atoms with E-state index < -0.39 is 18.1 Å². The van der Waals surface area contributed by atoms with Crippen molar-refractivity contribution in [3.05, 3.63) is 35.4 Å². The lowest BCUT2D eigenvalue weighted by atomic mass is 9.93. The Balaban J connectivity index is 2.13. The summed E-state index contributed by atoms with van der Waals surface area (Å²) in [6.45, 7) is 4.59. The van der Waals surface area contributed by atoms with Crippen molar-refractivity contribution in [3.63, 3.8) is 0 Å². The first-order valence-electron chi connectivity index (χ1n) is 7.76. The monoisotopic (exact) mass is 305 g/mol. The van der Waals surface area contributed by atoms with Crippen LogP contribution in [0.15, 0.2) is 24.3 Å². The van der Waals surface area contributed by atoms with Crippen molar-refractivity contribution >= 4 is 11.9 Å². The lowest BCUT2D eigenvalue weighted by Gasteiger charge is -2.35. The molecule has 0 unspecified atom stereocenters. The number of carbonyl (C=O) groups excluding carboxylic acids is 1. The largest absolute Gasteiger partial charge is 0.480 e. The second-order valence-corrected chi connectivity index (χ2v) is 5.66. The molecule has 0 fully saturated rings. The number of nitrogens with zero attached hydrogens (tertiary/aromatic N) is 1. The summed E-state index contributed by atoms with van der Waals surface area (Å²) in [5.74, 6) is -1.22. The number of ether oxygens (including phenoxy) is 1. The molecule has 1 aliphatic heterocycles. The van der Waals surface area contributed by atoms with Gasteiger partial charge in [-0.1, -0.05) is 37.6 Å². The predicted octanol–water partition coefficient (Wildman–Crippen LogP) is 2.23. The Morgan fingerprint density at radius 3 is 2.68 bits per heavy atom. The molecule has 5 heteroatoms. The van der Waals surface area contributed by atoms with E-state index in [1.54, 1.807) is 6.92 Å². The molecule has 1 amide bonds. The molecule has 0 aromatic heterocycles. The van der Waals surface area contributed by atoms with E-state index in [1.165, 1.54) is 4.90 Å². The Morgan fingerprint density at radius 1 is 1.36 bits per heavy atom. The molecular weight excluding hydrogens is 282 g/mol. The number of hydrogen-bond donors (Lipinski definition) is 1. The van der Waals surface area contributed by atoms with Crippen LogP contribution >= 0.6 is 0 Å². The van der Waals surface area contributed by atoms with E-state index >= 15 is 0 Å². The topological polar surface area (TPSA) is 66.8 Å². The lowest BCUT2D eigenvalue weighted by Crippen LogP contribution is -2.51. The van der Waals surface area contributed by atoms with Crippen molar-refractivity contribution in [3.8, 4) is 0 Å². The summed E-state index contributed by atoms with van der Waals surface area (Å²) in [7, 11) is 0. The van der Waals surface area contributed by atoms with Crippen molar-refractivity contribution in [2.75, 3.05) is 6.61 Å². The molecule has 5 nitrogen and oxygen atoms in total. The number of carbonyl (C=O) groups is 2. The fraction of sp³-hybridized carbons (Fsp3) is 0.529. The van der Waals surface area contributed by atoms with Gasteiger partial charge in [0.15, 0.2) is 0 Å². The molecule has 1 aromatic carbocycles. The van der Waals surface area contributed by atoms with E-state index in [2.05, 4.69) is 6.92 Å². The van der Waals surface area contributed by atoms with E-state index in [0.717, 1.165) is 24.0 Å². The Morgan fingerprint density at radius 2 is 2.05 bits per heavy atom. The minimum Gasteiger partial charge on any atom is -0.480 e. The molecule has 0 bridgehead atoms. The molecule has 2 rings (SSSR count). The predicted molar refractivity (Wildman–Crippen MR) is 82.4 cm³/mol. The zero-order chi connectivity index (χ0) is 16.1. The number of fused-ring (bicyclic) bond motifs is 1. The number of unbranched alkanes of at least 4 members (excludes halogenated alkanes) is 1. The van der Waals surface area contributed by atoms with Crippen LogP contribution in [0.25, 0.3) is 0 Å². The van der Waals surface area contributed by atoms with E-state index in [0.29, 0.717) is 19.6 Å². The van der Waals surface area contributed by atoms with Gasteiger partial charge in [-0.15, -0.1) is 0 Å². The highest BCUT2D eigenvalue weighted by atomic mass is 16.5. The van der Waals surface area contributed by atoms with Crippen LogP contribution in [0.1, 0.15) is 37.8 Å². The van der Waals surface area contributed by atoms with E-state index in [1.807, 2.05) is 24.3 Å². The maximum Gasteiger partial charge on any atom is 0.326 e. The number of aliphatic carboxylic acids is 1. The Labute approximate surface area is 130 Å². The van der Waals surface area contributed by atoms with Crippen molar-refractivity contribution < 1.29 is 19.4 Å². The van der Waals surface area contributed by atoms with Gasteiger partial charge in [-0.25, -0.2) is 4.79 Å². The fourth-order valence-corrected chi connectivity index (χ4v) is 2.68. The smallest absolute Gasteiger partial charge is 0.326 e. The molecule has 2 atom stereocenters. The maximum atomic E-state index is 12.6. The van der Waals surface area contributed by atoms with Gasteiger partial charge in [-0.3, -0.25) is 4.79 Å². The molecule has 0 saturated heterocycles. The summed E-state index contributed by atoms with van der Waals surface area (Å²) in [6, 6.07) is 6.85. The third-order valence-electron chi connectivity index (χ3n) is 4.03. The average molecular weight is 305 g/mol. The number of rotatable bonds is 6. The maximum absolute atomic E-state index is 12.6. The Hall–Kier alpha value is -1.88. The highest BCUT2D eigenvalue weighted by Gasteiger charge is 2.36. The summed E-state index contributed by atoms with van der Waals surface area (Å²) >= 11 is 0.